The number of piperazine rings is 1. The quantitative estimate of drug-likeness (QED) is 0.629. The minimum atomic E-state index is -3.59. The van der Waals surface area contributed by atoms with Gasteiger partial charge >= 0.3 is 0 Å². The minimum absolute atomic E-state index is 0.0945. The highest BCUT2D eigenvalue weighted by Gasteiger charge is 2.35. The Bertz CT molecular complexity index is 1130. The Morgan fingerprint density at radius 2 is 1.50 bits per heavy atom. The van der Waals surface area contributed by atoms with Crippen molar-refractivity contribution < 1.29 is 18.0 Å². The molecule has 0 atom stereocenters. The average Bonchev–Trinajstić information content (AvgIpc) is 2.86. The molecule has 0 saturated carbocycles. The number of rotatable bonds is 6. The highest BCUT2D eigenvalue weighted by molar-refractivity contribution is 7.89. The zero-order valence-corrected chi connectivity index (χ0v) is 21.0. The molecule has 0 spiro atoms. The van der Waals surface area contributed by atoms with E-state index in [2.05, 4.69) is 13.8 Å². The van der Waals surface area contributed by atoms with Crippen LogP contribution in [-0.4, -0.2) is 73.6 Å². The minimum Gasteiger partial charge on any atom is -0.339 e. The lowest BCUT2D eigenvalue weighted by Gasteiger charge is -2.38. The predicted octanol–water partition coefficient (Wildman–Crippen LogP) is 3.35. The van der Waals surface area contributed by atoms with Gasteiger partial charge in [0.25, 0.3) is 0 Å². The van der Waals surface area contributed by atoms with Gasteiger partial charge in [0.15, 0.2) is 0 Å². The molecular weight excluding hydrogens is 450 g/mol. The lowest BCUT2D eigenvalue weighted by molar-refractivity contribution is -0.143. The van der Waals surface area contributed by atoms with E-state index in [-0.39, 0.29) is 17.7 Å². The standard InChI is InChI=1S/C26H35N3O4S/c1-20(2)7-10-25(30)27-15-17-28(18-16-27)26(31)22-11-13-29(14-12-22)34(32,33)24-9-8-21-5-3-4-6-23(21)19-24/h3-6,8-9,19-20,22H,7,10-18H2,1-2H3. The number of hydrogen-bond donors (Lipinski definition) is 0. The smallest absolute Gasteiger partial charge is 0.243 e. The van der Waals surface area contributed by atoms with E-state index < -0.39 is 10.0 Å². The summed E-state index contributed by atoms with van der Waals surface area (Å²) in [5, 5.41) is 1.91. The monoisotopic (exact) mass is 485 g/mol. The molecule has 0 aromatic heterocycles. The van der Waals surface area contributed by atoms with Crippen LogP contribution >= 0.6 is 0 Å². The highest BCUT2D eigenvalue weighted by atomic mass is 32.2. The van der Waals surface area contributed by atoms with Crippen LogP contribution in [0.3, 0.4) is 0 Å². The van der Waals surface area contributed by atoms with E-state index in [0.717, 1.165) is 17.2 Å². The van der Waals surface area contributed by atoms with Gasteiger partial charge in [-0.25, -0.2) is 8.42 Å². The summed E-state index contributed by atoms with van der Waals surface area (Å²) in [6.07, 6.45) is 2.51. The van der Waals surface area contributed by atoms with Crippen molar-refractivity contribution in [2.24, 2.45) is 11.8 Å². The summed E-state index contributed by atoms with van der Waals surface area (Å²) in [4.78, 5) is 29.4. The first kappa shape index (κ1) is 24.7. The summed E-state index contributed by atoms with van der Waals surface area (Å²) in [6, 6.07) is 12.9. The van der Waals surface area contributed by atoms with Crippen molar-refractivity contribution in [2.75, 3.05) is 39.3 Å². The molecule has 4 rings (SSSR count). The maximum Gasteiger partial charge on any atom is 0.243 e. The molecule has 2 saturated heterocycles. The summed E-state index contributed by atoms with van der Waals surface area (Å²) in [5.41, 5.74) is 0. The van der Waals surface area contributed by atoms with Crippen LogP contribution < -0.4 is 0 Å². The molecule has 2 aliphatic rings. The second kappa shape index (κ2) is 10.4. The van der Waals surface area contributed by atoms with Crippen molar-refractivity contribution in [1.82, 2.24) is 14.1 Å². The van der Waals surface area contributed by atoms with Gasteiger partial charge in [0, 0.05) is 51.6 Å². The van der Waals surface area contributed by atoms with Crippen LogP contribution in [0.5, 0.6) is 0 Å². The van der Waals surface area contributed by atoms with Crippen molar-refractivity contribution in [3.8, 4) is 0 Å². The third-order valence-corrected chi connectivity index (χ3v) is 8.94. The van der Waals surface area contributed by atoms with E-state index in [9.17, 15) is 18.0 Å². The summed E-state index contributed by atoms with van der Waals surface area (Å²) in [5.74, 6) is 0.610. The molecule has 34 heavy (non-hydrogen) atoms. The first-order chi connectivity index (χ1) is 16.3. The number of sulfonamides is 1. The largest absolute Gasteiger partial charge is 0.339 e. The van der Waals surface area contributed by atoms with Gasteiger partial charge in [0.2, 0.25) is 21.8 Å². The van der Waals surface area contributed by atoms with Crippen LogP contribution in [0.15, 0.2) is 47.4 Å². The number of carbonyl (C=O) groups excluding carboxylic acids is 2. The van der Waals surface area contributed by atoms with Crippen molar-refractivity contribution >= 4 is 32.6 Å². The van der Waals surface area contributed by atoms with E-state index in [1.807, 2.05) is 40.1 Å². The van der Waals surface area contributed by atoms with Gasteiger partial charge in [-0.1, -0.05) is 44.2 Å². The molecule has 2 fully saturated rings. The molecule has 0 N–H and O–H groups in total. The third kappa shape index (κ3) is 5.44. The molecule has 2 heterocycles. The number of benzene rings is 2. The van der Waals surface area contributed by atoms with Crippen molar-refractivity contribution in [3.63, 3.8) is 0 Å². The molecular formula is C26H35N3O4S. The number of piperidine rings is 1. The van der Waals surface area contributed by atoms with Crippen LogP contribution in [0.2, 0.25) is 0 Å². The van der Waals surface area contributed by atoms with E-state index in [1.54, 1.807) is 12.1 Å². The van der Waals surface area contributed by atoms with E-state index in [0.29, 0.717) is 69.3 Å². The van der Waals surface area contributed by atoms with Gasteiger partial charge in [-0.3, -0.25) is 9.59 Å². The first-order valence-corrected chi connectivity index (χ1v) is 13.7. The fraction of sp³-hybridized carbons (Fsp3) is 0.538. The normalized spacial score (nSPS) is 18.6. The number of nitrogens with zero attached hydrogens (tertiary/aromatic N) is 3. The third-order valence-electron chi connectivity index (χ3n) is 7.04. The zero-order valence-electron chi connectivity index (χ0n) is 20.2. The SMILES string of the molecule is CC(C)CCC(=O)N1CCN(C(=O)C2CCN(S(=O)(=O)c3ccc4ccccc4c3)CC2)CC1. The van der Waals surface area contributed by atoms with Crippen molar-refractivity contribution in [2.45, 2.75) is 44.4 Å². The van der Waals surface area contributed by atoms with Crippen LogP contribution in [0, 0.1) is 11.8 Å². The van der Waals surface area contributed by atoms with E-state index >= 15 is 0 Å². The van der Waals surface area contributed by atoms with E-state index in [1.165, 1.54) is 4.31 Å². The number of amides is 2. The summed E-state index contributed by atoms with van der Waals surface area (Å²) in [6.45, 7) is 7.20. The molecule has 0 bridgehead atoms. The summed E-state index contributed by atoms with van der Waals surface area (Å²) < 4.78 is 27.9. The molecule has 184 valence electrons. The first-order valence-electron chi connectivity index (χ1n) is 12.3. The average molecular weight is 486 g/mol. The van der Waals surface area contributed by atoms with Crippen LogP contribution in [0.4, 0.5) is 0 Å². The Hall–Kier alpha value is -2.45. The Labute approximate surface area is 202 Å². The lowest BCUT2D eigenvalue weighted by Crippen LogP contribution is -2.53. The molecule has 2 aliphatic heterocycles. The van der Waals surface area contributed by atoms with Gasteiger partial charge in [0.05, 0.1) is 4.90 Å². The fourth-order valence-corrected chi connectivity index (χ4v) is 6.33. The Morgan fingerprint density at radius 1 is 0.882 bits per heavy atom. The molecule has 2 aromatic rings. The zero-order chi connectivity index (χ0) is 24.3. The molecule has 2 amide bonds. The Kier molecular flexibility index (Phi) is 7.57. The number of carbonyl (C=O) groups is 2. The highest BCUT2D eigenvalue weighted by Crippen LogP contribution is 2.27. The number of fused-ring (bicyclic) bond motifs is 1. The van der Waals surface area contributed by atoms with Crippen LogP contribution in [-0.2, 0) is 19.6 Å². The summed E-state index contributed by atoms with van der Waals surface area (Å²) >= 11 is 0. The predicted molar refractivity (Wildman–Crippen MR) is 133 cm³/mol. The maximum absolute atomic E-state index is 13.2. The van der Waals surface area contributed by atoms with E-state index in [4.69, 9.17) is 0 Å². The van der Waals surface area contributed by atoms with Gasteiger partial charge < -0.3 is 9.80 Å². The van der Waals surface area contributed by atoms with Gasteiger partial charge in [-0.05, 0) is 48.1 Å². The van der Waals surface area contributed by atoms with Gasteiger partial charge in [0.1, 0.15) is 0 Å². The van der Waals surface area contributed by atoms with Crippen LogP contribution in [0.1, 0.15) is 39.5 Å². The molecule has 7 nitrogen and oxygen atoms in total. The maximum atomic E-state index is 13.2. The van der Waals surface area contributed by atoms with Crippen molar-refractivity contribution in [3.05, 3.63) is 42.5 Å². The second-order valence-electron chi connectivity index (χ2n) is 9.83. The summed E-state index contributed by atoms with van der Waals surface area (Å²) in [7, 11) is -3.59. The molecule has 0 unspecified atom stereocenters. The Balaban J connectivity index is 1.30. The Morgan fingerprint density at radius 3 is 2.15 bits per heavy atom. The van der Waals surface area contributed by atoms with Crippen LogP contribution in [0.25, 0.3) is 10.8 Å². The molecule has 0 aliphatic carbocycles. The van der Waals surface area contributed by atoms with Gasteiger partial charge in [-0.2, -0.15) is 4.31 Å². The fourth-order valence-electron chi connectivity index (χ4n) is 4.82. The second-order valence-corrected chi connectivity index (χ2v) is 11.8. The van der Waals surface area contributed by atoms with Gasteiger partial charge in [-0.15, -0.1) is 0 Å². The molecule has 2 aromatic carbocycles. The topological polar surface area (TPSA) is 78.0 Å². The lowest BCUT2D eigenvalue weighted by atomic mass is 9.96. The number of hydrogen-bond acceptors (Lipinski definition) is 4. The molecule has 8 heteroatoms. The van der Waals surface area contributed by atoms with Crippen molar-refractivity contribution in [1.29, 1.82) is 0 Å². The molecule has 0 radical (unpaired) electrons.